The third kappa shape index (κ3) is 8.17. The highest BCUT2D eigenvalue weighted by atomic mass is 16.5. The monoisotopic (exact) mass is 482 g/mol. The van der Waals surface area contributed by atoms with Gasteiger partial charge in [-0.1, -0.05) is 12.1 Å². The maximum atomic E-state index is 13.0. The van der Waals surface area contributed by atoms with Gasteiger partial charge in [-0.05, 0) is 68.4 Å². The number of benzene rings is 2. The van der Waals surface area contributed by atoms with E-state index in [1.54, 1.807) is 42.5 Å². The van der Waals surface area contributed by atoms with Crippen molar-refractivity contribution in [2.75, 3.05) is 13.2 Å². The minimum absolute atomic E-state index is 0.140. The van der Waals surface area contributed by atoms with Gasteiger partial charge >= 0.3 is 11.9 Å². The predicted molar refractivity (Wildman–Crippen MR) is 131 cm³/mol. The van der Waals surface area contributed by atoms with Gasteiger partial charge in [-0.3, -0.25) is 14.4 Å². The minimum atomic E-state index is -0.791. The molecule has 186 valence electrons. The number of unbranched alkanes of at least 4 members (excludes halogenated alkanes) is 4. The summed E-state index contributed by atoms with van der Waals surface area (Å²) in [6, 6.07) is 12.3. The summed E-state index contributed by atoms with van der Waals surface area (Å²) in [6.45, 7) is 0.966. The fourth-order valence-corrected chi connectivity index (χ4v) is 3.62. The lowest BCUT2D eigenvalue weighted by Gasteiger charge is -2.09. The van der Waals surface area contributed by atoms with Crippen LogP contribution in [0.5, 0.6) is 11.5 Å². The number of carboxylic acids is 2. The summed E-state index contributed by atoms with van der Waals surface area (Å²) in [6.07, 6.45) is 6.13. The van der Waals surface area contributed by atoms with E-state index in [0.29, 0.717) is 54.1 Å². The Bertz CT molecular complexity index is 1180. The SMILES string of the molecule is O=C(O)CCCCCOc1ccc(-c2coc3cc(OCCCCCC(=O)O)ccc3c2=O)cc1. The lowest BCUT2D eigenvalue weighted by Crippen LogP contribution is -2.05. The Morgan fingerprint density at radius 1 is 0.743 bits per heavy atom. The summed E-state index contributed by atoms with van der Waals surface area (Å²) < 4.78 is 17.1. The third-order valence-electron chi connectivity index (χ3n) is 5.52. The molecule has 0 amide bonds. The predicted octanol–water partition coefficient (Wildman–Crippen LogP) is 5.51. The van der Waals surface area contributed by atoms with Crippen LogP contribution in [0.4, 0.5) is 0 Å². The summed E-state index contributed by atoms with van der Waals surface area (Å²) in [4.78, 5) is 34.1. The first-order valence-electron chi connectivity index (χ1n) is 11.8. The van der Waals surface area contributed by atoms with E-state index in [9.17, 15) is 14.4 Å². The maximum absolute atomic E-state index is 13.0. The molecule has 0 aliphatic rings. The molecule has 3 rings (SSSR count). The van der Waals surface area contributed by atoms with E-state index in [1.807, 2.05) is 0 Å². The van der Waals surface area contributed by atoms with Crippen molar-refractivity contribution in [3.63, 3.8) is 0 Å². The number of carboxylic acid groups (broad SMARTS) is 2. The zero-order valence-corrected chi connectivity index (χ0v) is 19.5. The number of rotatable bonds is 15. The Labute approximate surface area is 203 Å². The van der Waals surface area contributed by atoms with Gasteiger partial charge in [0.15, 0.2) is 5.43 Å². The summed E-state index contributed by atoms with van der Waals surface area (Å²) in [5, 5.41) is 17.8. The summed E-state index contributed by atoms with van der Waals surface area (Å²) in [5.41, 5.74) is 1.46. The average Bonchev–Trinajstić information content (AvgIpc) is 2.84. The standard InChI is InChI=1S/C27H30O8/c28-25(29)7-3-1-5-15-33-20-11-9-19(10-12-20)23-18-35-24-17-21(13-14-22(24)27(23)32)34-16-6-2-4-8-26(30)31/h9-14,17-18H,1-8,15-16H2,(H,28,29)(H,30,31). The third-order valence-corrected chi connectivity index (χ3v) is 5.52. The molecule has 0 aliphatic heterocycles. The number of hydrogen-bond donors (Lipinski definition) is 2. The Balaban J connectivity index is 1.55. The van der Waals surface area contributed by atoms with Crippen molar-refractivity contribution in [2.45, 2.75) is 51.4 Å². The molecule has 0 spiro atoms. The average molecular weight is 483 g/mol. The van der Waals surface area contributed by atoms with Crippen LogP contribution in [0, 0.1) is 0 Å². The van der Waals surface area contributed by atoms with E-state index in [4.69, 9.17) is 24.1 Å². The van der Waals surface area contributed by atoms with Gasteiger partial charge in [0.1, 0.15) is 23.3 Å². The number of hydrogen-bond acceptors (Lipinski definition) is 6. The number of fused-ring (bicyclic) bond motifs is 1. The first-order valence-corrected chi connectivity index (χ1v) is 11.8. The lowest BCUT2D eigenvalue weighted by atomic mass is 10.1. The molecule has 0 saturated heterocycles. The lowest BCUT2D eigenvalue weighted by molar-refractivity contribution is -0.138. The smallest absolute Gasteiger partial charge is 0.303 e. The van der Waals surface area contributed by atoms with Crippen LogP contribution in [0.25, 0.3) is 22.1 Å². The van der Waals surface area contributed by atoms with Crippen molar-refractivity contribution in [1.29, 1.82) is 0 Å². The molecule has 3 aromatic rings. The Morgan fingerprint density at radius 3 is 1.91 bits per heavy atom. The van der Waals surface area contributed by atoms with Gasteiger partial charge in [-0.25, -0.2) is 0 Å². The van der Waals surface area contributed by atoms with Crippen LogP contribution < -0.4 is 14.9 Å². The largest absolute Gasteiger partial charge is 0.494 e. The Morgan fingerprint density at radius 2 is 1.31 bits per heavy atom. The molecular weight excluding hydrogens is 452 g/mol. The topological polar surface area (TPSA) is 123 Å². The van der Waals surface area contributed by atoms with Crippen molar-refractivity contribution in [3.8, 4) is 22.6 Å². The van der Waals surface area contributed by atoms with Gasteiger partial charge < -0.3 is 24.1 Å². The normalized spacial score (nSPS) is 10.9. The van der Waals surface area contributed by atoms with Crippen molar-refractivity contribution in [3.05, 3.63) is 59.0 Å². The number of ether oxygens (including phenoxy) is 2. The highest BCUT2D eigenvalue weighted by Gasteiger charge is 2.11. The highest BCUT2D eigenvalue weighted by molar-refractivity contribution is 5.82. The quantitative estimate of drug-likeness (QED) is 0.272. The Hall–Kier alpha value is -3.81. The minimum Gasteiger partial charge on any atom is -0.494 e. The molecule has 0 aliphatic carbocycles. The zero-order chi connectivity index (χ0) is 25.0. The van der Waals surface area contributed by atoms with E-state index in [0.717, 1.165) is 31.2 Å². The highest BCUT2D eigenvalue weighted by Crippen LogP contribution is 2.25. The molecule has 2 N–H and O–H groups in total. The molecule has 2 aromatic carbocycles. The molecule has 0 fully saturated rings. The molecule has 35 heavy (non-hydrogen) atoms. The van der Waals surface area contributed by atoms with E-state index >= 15 is 0 Å². The van der Waals surface area contributed by atoms with Gasteiger partial charge in [0.05, 0.1) is 24.2 Å². The molecule has 0 saturated carbocycles. The molecule has 0 radical (unpaired) electrons. The number of carbonyl (C=O) groups is 2. The summed E-state index contributed by atoms with van der Waals surface area (Å²) in [5.74, 6) is -0.297. The molecular formula is C27H30O8. The fraction of sp³-hybridized carbons (Fsp3) is 0.370. The van der Waals surface area contributed by atoms with Crippen LogP contribution in [-0.4, -0.2) is 35.4 Å². The number of aliphatic carboxylic acids is 2. The molecule has 0 atom stereocenters. The van der Waals surface area contributed by atoms with Crippen LogP contribution in [-0.2, 0) is 9.59 Å². The van der Waals surface area contributed by atoms with Crippen LogP contribution in [0.15, 0.2) is 57.9 Å². The van der Waals surface area contributed by atoms with Crippen LogP contribution in [0.2, 0.25) is 0 Å². The summed E-state index contributed by atoms with van der Waals surface area (Å²) in [7, 11) is 0. The van der Waals surface area contributed by atoms with Gasteiger partial charge in [0, 0.05) is 18.9 Å². The van der Waals surface area contributed by atoms with Gasteiger partial charge in [-0.15, -0.1) is 0 Å². The van der Waals surface area contributed by atoms with Crippen molar-refractivity contribution in [2.24, 2.45) is 0 Å². The Kier molecular flexibility index (Phi) is 9.71. The first-order chi connectivity index (χ1) is 16.9. The van der Waals surface area contributed by atoms with Crippen molar-refractivity contribution in [1.82, 2.24) is 0 Å². The van der Waals surface area contributed by atoms with E-state index < -0.39 is 11.9 Å². The maximum Gasteiger partial charge on any atom is 0.303 e. The van der Waals surface area contributed by atoms with Crippen molar-refractivity contribution >= 4 is 22.9 Å². The first kappa shape index (κ1) is 25.8. The fourth-order valence-electron chi connectivity index (χ4n) is 3.62. The van der Waals surface area contributed by atoms with Gasteiger partial charge in [0.2, 0.25) is 0 Å². The molecule has 1 aromatic heterocycles. The molecule has 0 unspecified atom stereocenters. The summed E-state index contributed by atoms with van der Waals surface area (Å²) >= 11 is 0. The molecule has 1 heterocycles. The van der Waals surface area contributed by atoms with Gasteiger partial charge in [0.25, 0.3) is 0 Å². The van der Waals surface area contributed by atoms with E-state index in [2.05, 4.69) is 0 Å². The molecule has 8 nitrogen and oxygen atoms in total. The van der Waals surface area contributed by atoms with Crippen LogP contribution >= 0.6 is 0 Å². The van der Waals surface area contributed by atoms with E-state index in [-0.39, 0.29) is 18.3 Å². The molecule has 0 bridgehead atoms. The van der Waals surface area contributed by atoms with Gasteiger partial charge in [-0.2, -0.15) is 0 Å². The van der Waals surface area contributed by atoms with Crippen LogP contribution in [0.1, 0.15) is 51.4 Å². The second-order valence-electron chi connectivity index (χ2n) is 8.27. The second-order valence-corrected chi connectivity index (χ2v) is 8.27. The van der Waals surface area contributed by atoms with Crippen LogP contribution in [0.3, 0.4) is 0 Å². The van der Waals surface area contributed by atoms with Crippen molar-refractivity contribution < 1.29 is 33.7 Å². The second kappa shape index (κ2) is 13.2. The molecule has 8 heteroatoms. The van der Waals surface area contributed by atoms with E-state index in [1.165, 1.54) is 6.26 Å². The zero-order valence-electron chi connectivity index (χ0n) is 19.5.